The van der Waals surface area contributed by atoms with Gasteiger partial charge in [0.2, 0.25) is 0 Å². The Balaban J connectivity index is 2.00. The minimum absolute atomic E-state index is 0.0355. The number of halogens is 1. The number of hydrogen-bond acceptors (Lipinski definition) is 4. The van der Waals surface area contributed by atoms with Crippen LogP contribution in [0.25, 0.3) is 6.08 Å². The minimum Gasteiger partial charge on any atom is -0.371 e. The number of imidazole rings is 1. The standard InChI is InChI=1S/C23H30BrN5O2/c1-15(2)18(23(31)29-11-7-6-8-12-29)10-9-16(3)22(30)26-14-20-27-19(13-17(4)24)21(25-5)28-20/h6-7,9-10,13,25H,3,8,11-12,14H2,1-2,4-5H3,(H,26,30)(H,27,28)/b10-9-,17-13+. The van der Waals surface area contributed by atoms with Gasteiger partial charge in [0.25, 0.3) is 11.8 Å². The molecule has 0 aromatic carbocycles. The van der Waals surface area contributed by atoms with E-state index in [9.17, 15) is 9.59 Å². The number of H-pyrrole nitrogens is 1. The highest BCUT2D eigenvalue weighted by Crippen LogP contribution is 2.18. The van der Waals surface area contributed by atoms with Gasteiger partial charge in [-0.1, -0.05) is 40.2 Å². The molecular weight excluding hydrogens is 458 g/mol. The van der Waals surface area contributed by atoms with Crippen molar-refractivity contribution in [2.45, 2.75) is 33.7 Å². The van der Waals surface area contributed by atoms with Gasteiger partial charge in [0, 0.05) is 31.3 Å². The smallest absolute Gasteiger partial charge is 0.254 e. The third-order valence-corrected chi connectivity index (χ3v) is 4.86. The van der Waals surface area contributed by atoms with Gasteiger partial charge in [0.15, 0.2) is 5.82 Å². The van der Waals surface area contributed by atoms with Gasteiger partial charge in [-0.2, -0.15) is 0 Å². The zero-order valence-electron chi connectivity index (χ0n) is 18.5. The van der Waals surface area contributed by atoms with E-state index in [4.69, 9.17) is 0 Å². The predicted molar refractivity (Wildman–Crippen MR) is 130 cm³/mol. The van der Waals surface area contributed by atoms with Gasteiger partial charge < -0.3 is 20.5 Å². The molecule has 0 spiro atoms. The van der Waals surface area contributed by atoms with Crippen molar-refractivity contribution in [1.82, 2.24) is 20.2 Å². The van der Waals surface area contributed by atoms with Crippen LogP contribution >= 0.6 is 15.9 Å². The van der Waals surface area contributed by atoms with E-state index in [0.29, 0.717) is 30.3 Å². The van der Waals surface area contributed by atoms with Crippen LogP contribution in [0.1, 0.15) is 38.7 Å². The zero-order valence-corrected chi connectivity index (χ0v) is 20.1. The first-order valence-electron chi connectivity index (χ1n) is 10.1. The minimum atomic E-state index is -0.325. The molecule has 0 aliphatic carbocycles. The maximum Gasteiger partial charge on any atom is 0.254 e. The van der Waals surface area contributed by atoms with Crippen LogP contribution in [0.2, 0.25) is 0 Å². The van der Waals surface area contributed by atoms with Crippen LogP contribution < -0.4 is 10.6 Å². The number of nitrogens with zero attached hydrogens (tertiary/aromatic N) is 2. The molecule has 0 radical (unpaired) electrons. The molecule has 0 fully saturated rings. The monoisotopic (exact) mass is 487 g/mol. The summed E-state index contributed by atoms with van der Waals surface area (Å²) >= 11 is 3.40. The van der Waals surface area contributed by atoms with Crippen LogP contribution in [0.5, 0.6) is 0 Å². The Bertz CT molecular complexity index is 961. The number of allylic oxidation sites excluding steroid dienone is 2. The van der Waals surface area contributed by atoms with Gasteiger partial charge in [0.1, 0.15) is 5.82 Å². The molecule has 166 valence electrons. The van der Waals surface area contributed by atoms with E-state index in [-0.39, 0.29) is 23.9 Å². The predicted octanol–water partition coefficient (Wildman–Crippen LogP) is 4.06. The first-order valence-corrected chi connectivity index (χ1v) is 10.9. The number of rotatable bonds is 8. The van der Waals surface area contributed by atoms with Crippen molar-refractivity contribution in [3.8, 4) is 0 Å². The number of amides is 2. The molecule has 7 nitrogen and oxygen atoms in total. The summed E-state index contributed by atoms with van der Waals surface area (Å²) in [5.41, 5.74) is 2.55. The second-order valence-corrected chi connectivity index (χ2v) is 8.64. The highest BCUT2D eigenvalue weighted by atomic mass is 79.9. The van der Waals surface area contributed by atoms with E-state index in [1.54, 1.807) is 24.1 Å². The Morgan fingerprint density at radius 2 is 2.03 bits per heavy atom. The summed E-state index contributed by atoms with van der Waals surface area (Å²) in [5.74, 6) is 0.953. The summed E-state index contributed by atoms with van der Waals surface area (Å²) in [4.78, 5) is 34.6. The molecule has 0 unspecified atom stereocenters. The largest absolute Gasteiger partial charge is 0.371 e. The summed E-state index contributed by atoms with van der Waals surface area (Å²) in [5, 5.41) is 5.82. The summed E-state index contributed by atoms with van der Waals surface area (Å²) in [7, 11) is 1.79. The molecule has 1 aromatic heterocycles. The van der Waals surface area contributed by atoms with Gasteiger partial charge in [-0.3, -0.25) is 9.59 Å². The Labute approximate surface area is 192 Å². The van der Waals surface area contributed by atoms with E-state index in [0.717, 1.165) is 22.2 Å². The average Bonchev–Trinajstić information content (AvgIpc) is 3.13. The van der Waals surface area contributed by atoms with Crippen LogP contribution in [0.15, 0.2) is 52.1 Å². The molecule has 0 atom stereocenters. The van der Waals surface area contributed by atoms with Crippen molar-refractivity contribution in [2.75, 3.05) is 25.5 Å². The third kappa shape index (κ3) is 7.10. The zero-order chi connectivity index (χ0) is 23.0. The normalized spacial score (nSPS) is 14.0. The molecule has 1 aromatic rings. The summed E-state index contributed by atoms with van der Waals surface area (Å²) in [6.07, 6.45) is 10.1. The molecule has 2 heterocycles. The average molecular weight is 488 g/mol. The first-order chi connectivity index (χ1) is 14.7. The summed E-state index contributed by atoms with van der Waals surface area (Å²) in [6.45, 7) is 11.1. The fraction of sp³-hybridized carbons (Fsp3) is 0.348. The number of hydrogen-bond donors (Lipinski definition) is 3. The van der Waals surface area contributed by atoms with Crippen LogP contribution in [0.3, 0.4) is 0 Å². The molecule has 0 saturated carbocycles. The molecule has 1 aliphatic rings. The van der Waals surface area contributed by atoms with Crippen molar-refractivity contribution in [3.63, 3.8) is 0 Å². The molecule has 8 heteroatoms. The second kappa shape index (κ2) is 11.5. The highest BCUT2D eigenvalue weighted by Gasteiger charge is 2.18. The van der Waals surface area contributed by atoms with E-state index < -0.39 is 0 Å². The Hall–Kier alpha value is -2.87. The van der Waals surface area contributed by atoms with Crippen LogP contribution in [-0.2, 0) is 16.1 Å². The molecule has 0 saturated heterocycles. The van der Waals surface area contributed by atoms with Gasteiger partial charge in [-0.05, 0) is 49.9 Å². The Morgan fingerprint density at radius 3 is 2.61 bits per heavy atom. The second-order valence-electron chi connectivity index (χ2n) is 7.39. The van der Waals surface area contributed by atoms with Crippen LogP contribution in [0.4, 0.5) is 5.82 Å². The third-order valence-electron chi connectivity index (χ3n) is 4.63. The molecule has 3 N–H and O–H groups in total. The first kappa shape index (κ1) is 24.4. The molecule has 0 bridgehead atoms. The number of anilines is 1. The molecule has 31 heavy (non-hydrogen) atoms. The summed E-state index contributed by atoms with van der Waals surface area (Å²) < 4.78 is 0.951. The highest BCUT2D eigenvalue weighted by molar-refractivity contribution is 9.11. The van der Waals surface area contributed by atoms with E-state index in [2.05, 4.69) is 49.2 Å². The number of carbonyl (C=O) groups excluding carboxylic acids is 2. The van der Waals surface area contributed by atoms with Crippen LogP contribution in [0, 0.1) is 0 Å². The fourth-order valence-corrected chi connectivity index (χ4v) is 3.23. The van der Waals surface area contributed by atoms with Crippen molar-refractivity contribution < 1.29 is 9.59 Å². The van der Waals surface area contributed by atoms with Crippen molar-refractivity contribution in [2.24, 2.45) is 0 Å². The SMILES string of the molecule is C=C(/C=C\C(C(=O)N1CC=CCC1)=C(C)C)C(=O)NCc1nc(NC)c(/C=C(\C)Br)[nH]1. The maximum atomic E-state index is 12.8. The molecule has 1 aliphatic heterocycles. The van der Waals surface area contributed by atoms with E-state index in [1.165, 1.54) is 0 Å². The quantitative estimate of drug-likeness (QED) is 0.293. The maximum absolute atomic E-state index is 12.8. The topological polar surface area (TPSA) is 90.1 Å². The lowest BCUT2D eigenvalue weighted by atomic mass is 10.1. The lowest BCUT2D eigenvalue weighted by Crippen LogP contribution is -2.34. The van der Waals surface area contributed by atoms with Gasteiger partial charge in [-0.25, -0.2) is 4.98 Å². The van der Waals surface area contributed by atoms with Crippen LogP contribution in [-0.4, -0.2) is 46.8 Å². The lowest BCUT2D eigenvalue weighted by molar-refractivity contribution is -0.126. The fourth-order valence-electron chi connectivity index (χ4n) is 3.00. The lowest BCUT2D eigenvalue weighted by Gasteiger charge is -2.24. The Kier molecular flexibility index (Phi) is 9.05. The number of aromatic amines is 1. The number of aromatic nitrogens is 2. The molecule has 2 rings (SSSR count). The Morgan fingerprint density at radius 1 is 1.29 bits per heavy atom. The van der Waals surface area contributed by atoms with E-state index >= 15 is 0 Å². The van der Waals surface area contributed by atoms with Crippen molar-refractivity contribution >= 4 is 39.6 Å². The van der Waals surface area contributed by atoms with Crippen molar-refractivity contribution in [1.29, 1.82) is 0 Å². The van der Waals surface area contributed by atoms with Gasteiger partial charge in [0.05, 0.1) is 12.2 Å². The van der Waals surface area contributed by atoms with E-state index in [1.807, 2.05) is 32.9 Å². The molecule has 2 amide bonds. The van der Waals surface area contributed by atoms with Gasteiger partial charge in [-0.15, -0.1) is 0 Å². The van der Waals surface area contributed by atoms with Crippen molar-refractivity contribution in [3.05, 3.63) is 63.6 Å². The summed E-state index contributed by atoms with van der Waals surface area (Å²) in [6, 6.07) is 0. The number of carbonyl (C=O) groups is 2. The number of nitrogens with one attached hydrogen (secondary N) is 3. The van der Waals surface area contributed by atoms with Gasteiger partial charge >= 0.3 is 0 Å². The molecular formula is C23H30BrN5O2.